The first-order chi connectivity index (χ1) is 8.69. The van der Waals surface area contributed by atoms with Gasteiger partial charge >= 0.3 is 0 Å². The molecule has 0 unspecified atom stereocenters. The Morgan fingerprint density at radius 1 is 1.39 bits per heavy atom. The highest BCUT2D eigenvalue weighted by atomic mass is 16.3. The number of nitrogens with two attached hydrogens (primary N) is 1. The first kappa shape index (κ1) is 12.9. The normalized spacial score (nSPS) is 16.8. The highest BCUT2D eigenvalue weighted by Crippen LogP contribution is 2.17. The summed E-state index contributed by atoms with van der Waals surface area (Å²) in [4.78, 5) is 14.0. The molecule has 0 aliphatic carbocycles. The molecule has 4 heteroatoms. The van der Waals surface area contributed by atoms with Crippen molar-refractivity contribution in [2.75, 3.05) is 25.4 Å². The summed E-state index contributed by atoms with van der Waals surface area (Å²) in [6.07, 6.45) is 2.22. The summed E-state index contributed by atoms with van der Waals surface area (Å²) < 4.78 is 0. The van der Waals surface area contributed by atoms with E-state index in [1.165, 1.54) is 0 Å². The predicted octanol–water partition coefficient (Wildman–Crippen LogP) is 1.04. The van der Waals surface area contributed by atoms with E-state index in [1.54, 1.807) is 0 Å². The molecule has 0 radical (unpaired) electrons. The van der Waals surface area contributed by atoms with E-state index in [9.17, 15) is 4.79 Å². The lowest BCUT2D eigenvalue weighted by atomic mass is 9.97. The van der Waals surface area contributed by atoms with Crippen LogP contribution in [0.2, 0.25) is 0 Å². The number of anilines is 1. The molecule has 1 heterocycles. The summed E-state index contributed by atoms with van der Waals surface area (Å²) in [5, 5.41) is 9.06. The van der Waals surface area contributed by atoms with Gasteiger partial charge in [-0.05, 0) is 36.5 Å². The van der Waals surface area contributed by atoms with Gasteiger partial charge in [-0.2, -0.15) is 0 Å². The maximum atomic E-state index is 12.1. The highest BCUT2D eigenvalue weighted by molar-refractivity contribution is 5.79. The van der Waals surface area contributed by atoms with Crippen molar-refractivity contribution in [1.82, 2.24) is 4.90 Å². The molecule has 1 amide bonds. The quantitative estimate of drug-likeness (QED) is 0.785. The molecule has 1 aliphatic rings. The van der Waals surface area contributed by atoms with Gasteiger partial charge < -0.3 is 15.7 Å². The number of carbonyl (C=O) groups is 1. The van der Waals surface area contributed by atoms with Gasteiger partial charge in [-0.25, -0.2) is 0 Å². The summed E-state index contributed by atoms with van der Waals surface area (Å²) in [7, 11) is 0. The minimum absolute atomic E-state index is 0.150. The van der Waals surface area contributed by atoms with Gasteiger partial charge in [-0.3, -0.25) is 4.79 Å². The van der Waals surface area contributed by atoms with Gasteiger partial charge in [0.2, 0.25) is 5.91 Å². The van der Waals surface area contributed by atoms with Crippen LogP contribution >= 0.6 is 0 Å². The van der Waals surface area contributed by atoms with E-state index < -0.39 is 0 Å². The van der Waals surface area contributed by atoms with Crippen LogP contribution in [0.15, 0.2) is 24.3 Å². The molecule has 1 fully saturated rings. The highest BCUT2D eigenvalue weighted by Gasteiger charge is 2.22. The van der Waals surface area contributed by atoms with E-state index in [-0.39, 0.29) is 12.5 Å². The summed E-state index contributed by atoms with van der Waals surface area (Å²) in [5.74, 6) is 0.512. The average molecular weight is 248 g/mol. The van der Waals surface area contributed by atoms with E-state index in [1.807, 2.05) is 29.2 Å². The standard InChI is InChI=1S/C14H20N2O2/c15-13-3-1-2-12(8-13)9-14(18)16-6-4-11(10-17)5-7-16/h1-3,8,11,17H,4-7,9-10,15H2. The minimum Gasteiger partial charge on any atom is -0.399 e. The molecule has 1 saturated heterocycles. The lowest BCUT2D eigenvalue weighted by molar-refractivity contribution is -0.132. The molecule has 0 bridgehead atoms. The number of piperidine rings is 1. The fourth-order valence-electron chi connectivity index (χ4n) is 2.35. The molecule has 1 aromatic carbocycles. The van der Waals surface area contributed by atoms with Crippen LogP contribution in [0.5, 0.6) is 0 Å². The Balaban J connectivity index is 1.89. The van der Waals surface area contributed by atoms with E-state index >= 15 is 0 Å². The molecule has 0 atom stereocenters. The Bertz CT molecular complexity index is 412. The zero-order chi connectivity index (χ0) is 13.0. The van der Waals surface area contributed by atoms with Crippen LogP contribution < -0.4 is 5.73 Å². The zero-order valence-corrected chi connectivity index (χ0v) is 10.5. The summed E-state index contributed by atoms with van der Waals surface area (Å²) in [6.45, 7) is 1.75. The first-order valence-corrected chi connectivity index (χ1v) is 6.42. The lowest BCUT2D eigenvalue weighted by Gasteiger charge is -2.31. The molecule has 3 N–H and O–H groups in total. The fourth-order valence-corrected chi connectivity index (χ4v) is 2.35. The van der Waals surface area contributed by atoms with Crippen molar-refractivity contribution < 1.29 is 9.90 Å². The predicted molar refractivity (Wildman–Crippen MR) is 70.9 cm³/mol. The van der Waals surface area contributed by atoms with Gasteiger partial charge in [0.1, 0.15) is 0 Å². The van der Waals surface area contributed by atoms with Crippen LogP contribution in [0.4, 0.5) is 5.69 Å². The number of hydrogen-bond donors (Lipinski definition) is 2. The Morgan fingerprint density at radius 2 is 2.11 bits per heavy atom. The Morgan fingerprint density at radius 3 is 2.72 bits per heavy atom. The second-order valence-corrected chi connectivity index (χ2v) is 4.93. The first-order valence-electron chi connectivity index (χ1n) is 6.42. The molecule has 1 aromatic rings. The topological polar surface area (TPSA) is 66.6 Å². The summed E-state index contributed by atoms with van der Waals surface area (Å²) in [5.41, 5.74) is 7.35. The number of hydrogen-bond acceptors (Lipinski definition) is 3. The number of carbonyl (C=O) groups excluding carboxylic acids is 1. The monoisotopic (exact) mass is 248 g/mol. The van der Waals surface area contributed by atoms with Crippen molar-refractivity contribution in [2.45, 2.75) is 19.3 Å². The molecular weight excluding hydrogens is 228 g/mol. The van der Waals surface area contributed by atoms with Gasteiger partial charge in [0.15, 0.2) is 0 Å². The Hall–Kier alpha value is -1.55. The Labute approximate surface area is 107 Å². The van der Waals surface area contributed by atoms with E-state index in [4.69, 9.17) is 10.8 Å². The van der Waals surface area contributed by atoms with Crippen LogP contribution in [-0.2, 0) is 11.2 Å². The maximum absolute atomic E-state index is 12.1. The third kappa shape index (κ3) is 3.23. The van der Waals surface area contributed by atoms with Crippen molar-refractivity contribution in [1.29, 1.82) is 0 Å². The van der Waals surface area contributed by atoms with Crippen LogP contribution in [0, 0.1) is 5.92 Å². The molecule has 0 spiro atoms. The van der Waals surface area contributed by atoms with Crippen LogP contribution in [0.3, 0.4) is 0 Å². The van der Waals surface area contributed by atoms with Crippen molar-refractivity contribution in [2.24, 2.45) is 5.92 Å². The van der Waals surface area contributed by atoms with E-state index in [0.29, 0.717) is 18.0 Å². The largest absolute Gasteiger partial charge is 0.399 e. The number of nitrogens with zero attached hydrogens (tertiary/aromatic N) is 1. The zero-order valence-electron chi connectivity index (χ0n) is 10.5. The van der Waals surface area contributed by atoms with E-state index in [0.717, 1.165) is 31.5 Å². The maximum Gasteiger partial charge on any atom is 0.226 e. The van der Waals surface area contributed by atoms with Gasteiger partial charge in [0, 0.05) is 25.4 Å². The second kappa shape index (κ2) is 5.87. The number of likely N-dealkylation sites (tertiary alicyclic amines) is 1. The van der Waals surface area contributed by atoms with Gasteiger partial charge in [0.05, 0.1) is 6.42 Å². The Kier molecular flexibility index (Phi) is 4.20. The molecule has 0 aromatic heterocycles. The molecule has 4 nitrogen and oxygen atoms in total. The number of nitrogen functional groups attached to an aromatic ring is 1. The van der Waals surface area contributed by atoms with Gasteiger partial charge in [-0.1, -0.05) is 12.1 Å². The van der Waals surface area contributed by atoms with Gasteiger partial charge in [-0.15, -0.1) is 0 Å². The average Bonchev–Trinajstić information content (AvgIpc) is 2.39. The molecule has 1 aliphatic heterocycles. The summed E-state index contributed by atoms with van der Waals surface area (Å²) in [6, 6.07) is 7.46. The molecule has 0 saturated carbocycles. The third-order valence-corrected chi connectivity index (χ3v) is 3.53. The van der Waals surface area contributed by atoms with Crippen molar-refractivity contribution in [3.05, 3.63) is 29.8 Å². The number of amides is 1. The molecule has 2 rings (SSSR count). The summed E-state index contributed by atoms with van der Waals surface area (Å²) >= 11 is 0. The third-order valence-electron chi connectivity index (χ3n) is 3.53. The lowest BCUT2D eigenvalue weighted by Crippen LogP contribution is -2.40. The van der Waals surface area contributed by atoms with Crippen molar-refractivity contribution in [3.63, 3.8) is 0 Å². The van der Waals surface area contributed by atoms with Crippen LogP contribution in [0.25, 0.3) is 0 Å². The number of benzene rings is 1. The molecular formula is C14H20N2O2. The SMILES string of the molecule is Nc1cccc(CC(=O)N2CCC(CO)CC2)c1. The smallest absolute Gasteiger partial charge is 0.226 e. The molecule has 98 valence electrons. The minimum atomic E-state index is 0.150. The molecule has 18 heavy (non-hydrogen) atoms. The fraction of sp³-hybridized carbons (Fsp3) is 0.500. The number of rotatable bonds is 3. The number of aliphatic hydroxyl groups excluding tert-OH is 1. The number of aliphatic hydroxyl groups is 1. The van der Waals surface area contributed by atoms with Crippen LogP contribution in [0.1, 0.15) is 18.4 Å². The van der Waals surface area contributed by atoms with Gasteiger partial charge in [0.25, 0.3) is 0 Å². The van der Waals surface area contributed by atoms with E-state index in [2.05, 4.69) is 0 Å². The van der Waals surface area contributed by atoms with Crippen LogP contribution in [-0.4, -0.2) is 35.6 Å². The van der Waals surface area contributed by atoms with Crippen molar-refractivity contribution in [3.8, 4) is 0 Å². The second-order valence-electron chi connectivity index (χ2n) is 4.93. The van der Waals surface area contributed by atoms with Crippen molar-refractivity contribution >= 4 is 11.6 Å².